The first kappa shape index (κ1) is 14.7. The van der Waals surface area contributed by atoms with Gasteiger partial charge in [-0.3, -0.25) is 0 Å². The van der Waals surface area contributed by atoms with Crippen LogP contribution in [0.5, 0.6) is 5.75 Å². The zero-order chi connectivity index (χ0) is 14.5. The van der Waals surface area contributed by atoms with Gasteiger partial charge in [0.15, 0.2) is 0 Å². The molecule has 1 aliphatic rings. The van der Waals surface area contributed by atoms with E-state index >= 15 is 0 Å². The lowest BCUT2D eigenvalue weighted by Crippen LogP contribution is -2.51. The Morgan fingerprint density at radius 2 is 2.00 bits per heavy atom. The number of urea groups is 1. The van der Waals surface area contributed by atoms with Crippen molar-refractivity contribution in [3.05, 3.63) is 29.8 Å². The number of benzene rings is 1. The molecule has 5 heteroatoms. The number of hydrogen-bond acceptors (Lipinski definition) is 3. The molecular formula is C15H22N2O3. The number of carbonyl (C=O) groups excluding carboxylic acids is 1. The van der Waals surface area contributed by atoms with Crippen LogP contribution in [0, 0.1) is 0 Å². The van der Waals surface area contributed by atoms with Crippen LogP contribution in [0.15, 0.2) is 24.3 Å². The van der Waals surface area contributed by atoms with Gasteiger partial charge in [0.1, 0.15) is 5.75 Å². The molecule has 0 aliphatic carbocycles. The van der Waals surface area contributed by atoms with Crippen molar-refractivity contribution in [1.82, 2.24) is 10.2 Å². The summed E-state index contributed by atoms with van der Waals surface area (Å²) in [6.07, 6.45) is 0.159. The maximum Gasteiger partial charge on any atom is 0.317 e. The van der Waals surface area contributed by atoms with Crippen LogP contribution in [0.1, 0.15) is 19.4 Å². The van der Waals surface area contributed by atoms with E-state index < -0.39 is 0 Å². The van der Waals surface area contributed by atoms with Gasteiger partial charge in [-0.05, 0) is 19.9 Å². The number of methoxy groups -OCH3 is 1. The number of hydrogen-bond donors (Lipinski definition) is 1. The summed E-state index contributed by atoms with van der Waals surface area (Å²) < 4.78 is 10.9. The Bertz CT molecular complexity index is 454. The molecule has 20 heavy (non-hydrogen) atoms. The lowest BCUT2D eigenvalue weighted by atomic mass is 10.2. The third-order valence-corrected chi connectivity index (χ3v) is 3.33. The zero-order valence-corrected chi connectivity index (χ0v) is 12.3. The van der Waals surface area contributed by atoms with Crippen LogP contribution in [-0.2, 0) is 11.3 Å². The largest absolute Gasteiger partial charge is 0.496 e. The van der Waals surface area contributed by atoms with E-state index in [9.17, 15) is 4.79 Å². The van der Waals surface area contributed by atoms with Crippen LogP contribution in [0.4, 0.5) is 4.79 Å². The highest BCUT2D eigenvalue weighted by molar-refractivity contribution is 5.74. The Kier molecular flexibility index (Phi) is 4.84. The Morgan fingerprint density at radius 3 is 2.65 bits per heavy atom. The van der Waals surface area contributed by atoms with Crippen molar-refractivity contribution < 1.29 is 14.3 Å². The van der Waals surface area contributed by atoms with Crippen LogP contribution in [-0.4, -0.2) is 43.3 Å². The van der Waals surface area contributed by atoms with Crippen molar-refractivity contribution in [3.8, 4) is 5.75 Å². The minimum atomic E-state index is -0.0575. The molecule has 2 amide bonds. The van der Waals surface area contributed by atoms with E-state index in [0.29, 0.717) is 19.6 Å². The average molecular weight is 278 g/mol. The summed E-state index contributed by atoms with van der Waals surface area (Å²) >= 11 is 0. The number of para-hydroxylation sites is 1. The molecule has 0 spiro atoms. The summed E-state index contributed by atoms with van der Waals surface area (Å²) in [4.78, 5) is 14.0. The molecule has 2 atom stereocenters. The van der Waals surface area contributed by atoms with Crippen molar-refractivity contribution in [2.75, 3.05) is 20.2 Å². The van der Waals surface area contributed by atoms with E-state index in [1.54, 1.807) is 12.0 Å². The summed E-state index contributed by atoms with van der Waals surface area (Å²) in [6.45, 7) is 5.68. The molecular weight excluding hydrogens is 256 g/mol. The van der Waals surface area contributed by atoms with Gasteiger partial charge in [-0.15, -0.1) is 0 Å². The van der Waals surface area contributed by atoms with E-state index in [1.807, 2.05) is 38.1 Å². The number of rotatable bonds is 3. The van der Waals surface area contributed by atoms with Crippen LogP contribution >= 0.6 is 0 Å². The number of morpholine rings is 1. The third kappa shape index (κ3) is 3.63. The van der Waals surface area contributed by atoms with Crippen LogP contribution in [0.25, 0.3) is 0 Å². The lowest BCUT2D eigenvalue weighted by molar-refractivity contribution is -0.0545. The molecule has 1 heterocycles. The molecule has 0 saturated carbocycles. The van der Waals surface area contributed by atoms with Gasteiger partial charge in [0.25, 0.3) is 0 Å². The number of nitrogens with one attached hydrogen (secondary N) is 1. The standard InChI is InChI=1S/C15H22N2O3/c1-11-9-17(10-12(2)20-11)15(18)16-8-13-6-4-5-7-14(13)19-3/h4-7,11-12H,8-10H2,1-3H3,(H,16,18). The lowest BCUT2D eigenvalue weighted by Gasteiger charge is -2.35. The summed E-state index contributed by atoms with van der Waals surface area (Å²) in [6, 6.07) is 7.63. The summed E-state index contributed by atoms with van der Waals surface area (Å²) in [7, 11) is 1.63. The number of carbonyl (C=O) groups is 1. The highest BCUT2D eigenvalue weighted by atomic mass is 16.5. The molecule has 1 aromatic carbocycles. The molecule has 2 rings (SSSR count). The fraction of sp³-hybridized carbons (Fsp3) is 0.533. The first-order chi connectivity index (χ1) is 9.60. The predicted molar refractivity (Wildman–Crippen MR) is 76.8 cm³/mol. The maximum atomic E-state index is 12.2. The molecule has 0 aromatic heterocycles. The second kappa shape index (κ2) is 6.61. The molecule has 0 bridgehead atoms. The summed E-state index contributed by atoms with van der Waals surface area (Å²) in [5.41, 5.74) is 0.970. The first-order valence-corrected chi connectivity index (χ1v) is 6.90. The minimum Gasteiger partial charge on any atom is -0.496 e. The van der Waals surface area contributed by atoms with E-state index in [0.717, 1.165) is 11.3 Å². The fourth-order valence-corrected chi connectivity index (χ4v) is 2.48. The van der Waals surface area contributed by atoms with E-state index in [4.69, 9.17) is 9.47 Å². The highest BCUT2D eigenvalue weighted by Crippen LogP contribution is 2.17. The van der Waals surface area contributed by atoms with Gasteiger partial charge >= 0.3 is 6.03 Å². The monoisotopic (exact) mass is 278 g/mol. The second-order valence-corrected chi connectivity index (χ2v) is 5.13. The Balaban J connectivity index is 1.91. The Labute approximate surface area is 119 Å². The molecule has 1 saturated heterocycles. The molecule has 0 radical (unpaired) electrons. The minimum absolute atomic E-state index is 0.0575. The van der Waals surface area contributed by atoms with E-state index in [-0.39, 0.29) is 18.2 Å². The molecule has 2 unspecified atom stereocenters. The van der Waals surface area contributed by atoms with Gasteiger partial charge < -0.3 is 19.7 Å². The molecule has 110 valence electrons. The molecule has 1 aliphatic heterocycles. The Hall–Kier alpha value is -1.75. The normalized spacial score (nSPS) is 22.4. The van der Waals surface area contributed by atoms with Gasteiger partial charge in [0.05, 0.1) is 19.3 Å². The van der Waals surface area contributed by atoms with Gasteiger partial charge in [-0.1, -0.05) is 18.2 Å². The fourth-order valence-electron chi connectivity index (χ4n) is 2.48. The predicted octanol–water partition coefficient (Wildman–Crippen LogP) is 2.01. The van der Waals surface area contributed by atoms with E-state index in [1.165, 1.54) is 0 Å². The SMILES string of the molecule is COc1ccccc1CNC(=O)N1CC(C)OC(C)C1. The summed E-state index contributed by atoms with van der Waals surface area (Å²) in [5, 5.41) is 2.94. The molecule has 5 nitrogen and oxygen atoms in total. The Morgan fingerprint density at radius 1 is 1.35 bits per heavy atom. The van der Waals surface area contributed by atoms with Crippen LogP contribution in [0.3, 0.4) is 0 Å². The highest BCUT2D eigenvalue weighted by Gasteiger charge is 2.25. The van der Waals surface area contributed by atoms with Crippen molar-refractivity contribution >= 4 is 6.03 Å². The molecule has 1 fully saturated rings. The first-order valence-electron chi connectivity index (χ1n) is 6.90. The van der Waals surface area contributed by atoms with Gasteiger partial charge in [0.2, 0.25) is 0 Å². The third-order valence-electron chi connectivity index (χ3n) is 3.33. The quantitative estimate of drug-likeness (QED) is 0.920. The topological polar surface area (TPSA) is 50.8 Å². The second-order valence-electron chi connectivity index (χ2n) is 5.13. The van der Waals surface area contributed by atoms with Gasteiger partial charge in [-0.2, -0.15) is 0 Å². The maximum absolute atomic E-state index is 12.2. The van der Waals surface area contributed by atoms with Crippen molar-refractivity contribution in [2.24, 2.45) is 0 Å². The number of ether oxygens (including phenoxy) is 2. The van der Waals surface area contributed by atoms with Crippen LogP contribution in [0.2, 0.25) is 0 Å². The van der Waals surface area contributed by atoms with Crippen molar-refractivity contribution in [1.29, 1.82) is 0 Å². The average Bonchev–Trinajstić information content (AvgIpc) is 2.44. The molecule has 1 aromatic rings. The molecule has 1 N–H and O–H groups in total. The van der Waals surface area contributed by atoms with Gasteiger partial charge in [0, 0.05) is 25.2 Å². The van der Waals surface area contributed by atoms with E-state index in [2.05, 4.69) is 5.32 Å². The van der Waals surface area contributed by atoms with Gasteiger partial charge in [-0.25, -0.2) is 4.79 Å². The van der Waals surface area contributed by atoms with Crippen molar-refractivity contribution in [3.63, 3.8) is 0 Å². The number of nitrogens with zero attached hydrogens (tertiary/aromatic N) is 1. The zero-order valence-electron chi connectivity index (χ0n) is 12.3. The summed E-state index contributed by atoms with van der Waals surface area (Å²) in [5.74, 6) is 0.788. The number of amides is 2. The van der Waals surface area contributed by atoms with Crippen molar-refractivity contribution in [2.45, 2.75) is 32.6 Å². The van der Waals surface area contributed by atoms with Crippen LogP contribution < -0.4 is 10.1 Å². The smallest absolute Gasteiger partial charge is 0.317 e.